The Bertz CT molecular complexity index is 715. The van der Waals surface area contributed by atoms with E-state index in [9.17, 15) is 8.42 Å². The van der Waals surface area contributed by atoms with Crippen LogP contribution in [0.1, 0.15) is 38.5 Å². The molecular weight excluding hydrogens is 364 g/mol. The Labute approximate surface area is 163 Å². The van der Waals surface area contributed by atoms with Crippen molar-refractivity contribution >= 4 is 10.0 Å². The summed E-state index contributed by atoms with van der Waals surface area (Å²) in [7, 11) is 0.372. The van der Waals surface area contributed by atoms with Crippen molar-refractivity contribution in [1.82, 2.24) is 9.21 Å². The van der Waals surface area contributed by atoms with Gasteiger partial charge in [0.15, 0.2) is 11.5 Å². The number of fused-ring (bicyclic) bond motifs is 1. The van der Waals surface area contributed by atoms with Gasteiger partial charge >= 0.3 is 0 Å². The van der Waals surface area contributed by atoms with Crippen LogP contribution < -0.4 is 9.47 Å². The van der Waals surface area contributed by atoms with E-state index in [1.54, 1.807) is 22.5 Å². The minimum absolute atomic E-state index is 0.293. The van der Waals surface area contributed by atoms with Crippen molar-refractivity contribution in [3.63, 3.8) is 0 Å². The van der Waals surface area contributed by atoms with Crippen LogP contribution in [-0.2, 0) is 10.0 Å². The standard InChI is InChI=1S/C20H32N2O4S/c1-21(2)11-12-22(16-17-7-4-3-5-8-17)27(23,24)18-9-10-19-20(15-18)26-14-6-13-25-19/h9-10,15,17H,3-8,11-14,16H2,1-2H3. The molecule has 1 aliphatic heterocycles. The van der Waals surface area contributed by atoms with Crippen molar-refractivity contribution in [2.45, 2.75) is 43.4 Å². The van der Waals surface area contributed by atoms with Gasteiger partial charge in [-0.05, 0) is 45.0 Å². The summed E-state index contributed by atoms with van der Waals surface area (Å²) in [4.78, 5) is 2.32. The van der Waals surface area contributed by atoms with Crippen molar-refractivity contribution < 1.29 is 17.9 Å². The molecule has 0 spiro atoms. The van der Waals surface area contributed by atoms with Crippen LogP contribution in [0.5, 0.6) is 11.5 Å². The first kappa shape index (κ1) is 20.4. The number of benzene rings is 1. The number of hydrogen-bond acceptors (Lipinski definition) is 5. The van der Waals surface area contributed by atoms with Gasteiger partial charge in [0.25, 0.3) is 0 Å². The Balaban J connectivity index is 1.83. The molecule has 1 heterocycles. The molecule has 0 N–H and O–H groups in total. The van der Waals surface area contributed by atoms with E-state index in [2.05, 4.69) is 0 Å². The first-order chi connectivity index (χ1) is 13.0. The molecule has 6 nitrogen and oxygen atoms in total. The fourth-order valence-corrected chi connectivity index (χ4v) is 5.26. The lowest BCUT2D eigenvalue weighted by atomic mass is 9.89. The fraction of sp³-hybridized carbons (Fsp3) is 0.700. The van der Waals surface area contributed by atoms with E-state index in [0.717, 1.165) is 19.3 Å². The third kappa shape index (κ3) is 5.36. The topological polar surface area (TPSA) is 59.1 Å². The molecule has 27 heavy (non-hydrogen) atoms. The molecule has 7 heteroatoms. The van der Waals surface area contributed by atoms with Crippen LogP contribution in [0, 0.1) is 5.92 Å². The molecule has 0 unspecified atom stereocenters. The summed E-state index contributed by atoms with van der Waals surface area (Å²) in [6.07, 6.45) is 6.72. The van der Waals surface area contributed by atoms with E-state index in [1.807, 2.05) is 19.0 Å². The summed E-state index contributed by atoms with van der Waals surface area (Å²) in [5, 5.41) is 0. The molecule has 1 saturated carbocycles. The van der Waals surface area contributed by atoms with E-state index in [4.69, 9.17) is 9.47 Å². The van der Waals surface area contributed by atoms with Crippen molar-refractivity contribution in [1.29, 1.82) is 0 Å². The highest BCUT2D eigenvalue weighted by Crippen LogP contribution is 2.33. The second-order valence-electron chi connectivity index (χ2n) is 7.83. The number of likely N-dealkylation sites (N-methyl/N-ethyl adjacent to an activating group) is 1. The van der Waals surface area contributed by atoms with Crippen LogP contribution >= 0.6 is 0 Å². The summed E-state index contributed by atoms with van der Waals surface area (Å²) < 4.78 is 39.8. The maximum Gasteiger partial charge on any atom is 0.243 e. The van der Waals surface area contributed by atoms with Gasteiger partial charge in [0.2, 0.25) is 10.0 Å². The normalized spacial score (nSPS) is 18.7. The molecule has 0 saturated heterocycles. The van der Waals surface area contributed by atoms with Crippen molar-refractivity contribution in [2.75, 3.05) is 46.9 Å². The lowest BCUT2D eigenvalue weighted by Crippen LogP contribution is -2.40. The highest BCUT2D eigenvalue weighted by Gasteiger charge is 2.29. The largest absolute Gasteiger partial charge is 0.490 e. The summed E-state index contributed by atoms with van der Waals surface area (Å²) in [5.74, 6) is 1.61. The Morgan fingerprint density at radius 1 is 0.963 bits per heavy atom. The van der Waals surface area contributed by atoms with Gasteiger partial charge in [-0.25, -0.2) is 8.42 Å². The summed E-state index contributed by atoms with van der Waals surface area (Å²) in [6, 6.07) is 4.99. The van der Waals surface area contributed by atoms with E-state index in [-0.39, 0.29) is 0 Å². The number of rotatable bonds is 7. The highest BCUT2D eigenvalue weighted by molar-refractivity contribution is 7.89. The number of sulfonamides is 1. The molecule has 0 radical (unpaired) electrons. The second-order valence-corrected chi connectivity index (χ2v) is 9.77. The Morgan fingerprint density at radius 2 is 1.67 bits per heavy atom. The van der Waals surface area contributed by atoms with Gasteiger partial charge in [-0.15, -0.1) is 0 Å². The summed E-state index contributed by atoms with van der Waals surface area (Å²) in [5.41, 5.74) is 0. The molecule has 2 aliphatic rings. The van der Waals surface area contributed by atoms with Crippen molar-refractivity contribution in [3.8, 4) is 11.5 Å². The van der Waals surface area contributed by atoms with E-state index in [1.165, 1.54) is 19.3 Å². The number of nitrogens with zero attached hydrogens (tertiary/aromatic N) is 2. The van der Waals surface area contributed by atoms with Crippen LogP contribution in [0.2, 0.25) is 0 Å². The SMILES string of the molecule is CN(C)CCN(CC1CCCCC1)S(=O)(=O)c1ccc2c(c1)OCCCO2. The zero-order valence-corrected chi connectivity index (χ0v) is 17.3. The van der Waals surface area contributed by atoms with E-state index in [0.29, 0.717) is 55.2 Å². The first-order valence-electron chi connectivity index (χ1n) is 10.0. The first-order valence-corrected chi connectivity index (χ1v) is 11.5. The third-order valence-corrected chi connectivity index (χ3v) is 7.20. The van der Waals surface area contributed by atoms with Crippen molar-refractivity contribution in [3.05, 3.63) is 18.2 Å². The minimum atomic E-state index is -3.57. The van der Waals surface area contributed by atoms with Gasteiger partial charge in [0, 0.05) is 32.1 Å². The molecule has 1 aromatic rings. The van der Waals surface area contributed by atoms with Crippen LogP contribution in [0.25, 0.3) is 0 Å². The molecule has 152 valence electrons. The summed E-state index contributed by atoms with van der Waals surface area (Å²) in [6.45, 7) is 2.94. The Morgan fingerprint density at radius 3 is 2.37 bits per heavy atom. The summed E-state index contributed by atoms with van der Waals surface area (Å²) >= 11 is 0. The molecule has 0 atom stereocenters. The van der Waals surface area contributed by atoms with Gasteiger partial charge in [-0.3, -0.25) is 0 Å². The molecule has 0 bridgehead atoms. The van der Waals surface area contributed by atoms with Gasteiger partial charge < -0.3 is 14.4 Å². The second kappa shape index (κ2) is 9.26. The van der Waals surface area contributed by atoms with E-state index >= 15 is 0 Å². The molecule has 0 amide bonds. The van der Waals surface area contributed by atoms with E-state index < -0.39 is 10.0 Å². The van der Waals surface area contributed by atoms with Crippen LogP contribution in [0.3, 0.4) is 0 Å². The molecular formula is C20H32N2O4S. The fourth-order valence-electron chi connectivity index (χ4n) is 3.73. The third-order valence-electron chi connectivity index (χ3n) is 5.34. The zero-order valence-electron chi connectivity index (χ0n) is 16.5. The molecule has 0 aromatic heterocycles. The molecule has 1 aromatic carbocycles. The predicted octanol–water partition coefficient (Wildman–Crippen LogP) is 2.98. The van der Waals surface area contributed by atoms with Crippen LogP contribution in [-0.4, -0.2) is 64.6 Å². The van der Waals surface area contributed by atoms with Gasteiger partial charge in [0.1, 0.15) is 0 Å². The average molecular weight is 397 g/mol. The van der Waals surface area contributed by atoms with Gasteiger partial charge in [-0.1, -0.05) is 19.3 Å². The number of hydrogen-bond donors (Lipinski definition) is 0. The highest BCUT2D eigenvalue weighted by atomic mass is 32.2. The predicted molar refractivity (Wildman–Crippen MR) is 106 cm³/mol. The maximum absolute atomic E-state index is 13.4. The molecule has 3 rings (SSSR count). The monoisotopic (exact) mass is 396 g/mol. The lowest BCUT2D eigenvalue weighted by Gasteiger charge is -2.30. The molecule has 1 fully saturated rings. The van der Waals surface area contributed by atoms with Crippen LogP contribution in [0.4, 0.5) is 0 Å². The maximum atomic E-state index is 13.4. The van der Waals surface area contributed by atoms with Crippen LogP contribution in [0.15, 0.2) is 23.1 Å². The quantitative estimate of drug-likeness (QED) is 0.709. The average Bonchev–Trinajstić information content (AvgIpc) is 2.90. The Hall–Kier alpha value is -1.31. The smallest absolute Gasteiger partial charge is 0.243 e. The van der Waals surface area contributed by atoms with Gasteiger partial charge in [-0.2, -0.15) is 4.31 Å². The number of ether oxygens (including phenoxy) is 2. The van der Waals surface area contributed by atoms with Crippen molar-refractivity contribution in [2.24, 2.45) is 5.92 Å². The zero-order chi connectivity index (χ0) is 19.3. The lowest BCUT2D eigenvalue weighted by molar-refractivity contribution is 0.261. The minimum Gasteiger partial charge on any atom is -0.490 e. The molecule has 1 aliphatic carbocycles. The van der Waals surface area contributed by atoms with Gasteiger partial charge in [0.05, 0.1) is 18.1 Å². The Kier molecular flexibility index (Phi) is 7.00.